The SMILES string of the molecule is CC1CC([N+](=O)[O-])=CC=C1C(C)(C)C. The summed E-state index contributed by atoms with van der Waals surface area (Å²) in [4.78, 5) is 10.3. The highest BCUT2D eigenvalue weighted by Gasteiger charge is 2.28. The van der Waals surface area contributed by atoms with Crippen molar-refractivity contribution in [1.82, 2.24) is 0 Å². The van der Waals surface area contributed by atoms with E-state index in [1.165, 1.54) is 5.57 Å². The molecule has 0 saturated heterocycles. The van der Waals surface area contributed by atoms with E-state index in [2.05, 4.69) is 20.8 Å². The van der Waals surface area contributed by atoms with Gasteiger partial charge in [-0.1, -0.05) is 39.3 Å². The van der Waals surface area contributed by atoms with Crippen LogP contribution >= 0.6 is 0 Å². The highest BCUT2D eigenvalue weighted by molar-refractivity contribution is 5.26. The van der Waals surface area contributed by atoms with Crippen molar-refractivity contribution in [2.24, 2.45) is 11.3 Å². The number of hydrogen-bond acceptors (Lipinski definition) is 2. The number of rotatable bonds is 1. The Hall–Kier alpha value is -1.12. The van der Waals surface area contributed by atoms with Crippen LogP contribution in [0.5, 0.6) is 0 Å². The summed E-state index contributed by atoms with van der Waals surface area (Å²) in [6.07, 6.45) is 4.10. The molecule has 1 unspecified atom stereocenters. The van der Waals surface area contributed by atoms with E-state index in [1.54, 1.807) is 6.08 Å². The fourth-order valence-electron chi connectivity index (χ4n) is 1.97. The average Bonchev–Trinajstić information content (AvgIpc) is 2.01. The van der Waals surface area contributed by atoms with Gasteiger partial charge in [0.2, 0.25) is 5.70 Å². The first-order valence-electron chi connectivity index (χ1n) is 4.88. The molecule has 3 nitrogen and oxygen atoms in total. The van der Waals surface area contributed by atoms with Crippen molar-refractivity contribution in [2.75, 3.05) is 0 Å². The van der Waals surface area contributed by atoms with Gasteiger partial charge in [-0.05, 0) is 11.3 Å². The fourth-order valence-corrected chi connectivity index (χ4v) is 1.97. The predicted molar refractivity (Wildman–Crippen MR) is 56.4 cm³/mol. The van der Waals surface area contributed by atoms with E-state index in [0.29, 0.717) is 12.1 Å². The summed E-state index contributed by atoms with van der Waals surface area (Å²) in [5.74, 6) is 0.278. The van der Waals surface area contributed by atoms with Gasteiger partial charge in [-0.2, -0.15) is 0 Å². The molecule has 14 heavy (non-hydrogen) atoms. The second-order valence-corrected chi connectivity index (χ2v) is 4.89. The van der Waals surface area contributed by atoms with Crippen molar-refractivity contribution in [2.45, 2.75) is 34.1 Å². The second-order valence-electron chi connectivity index (χ2n) is 4.89. The lowest BCUT2D eigenvalue weighted by atomic mass is 9.76. The van der Waals surface area contributed by atoms with E-state index in [0.717, 1.165) is 0 Å². The van der Waals surface area contributed by atoms with Gasteiger partial charge < -0.3 is 0 Å². The summed E-state index contributed by atoms with van der Waals surface area (Å²) in [6.45, 7) is 8.47. The minimum atomic E-state index is -0.285. The zero-order chi connectivity index (χ0) is 10.9. The van der Waals surface area contributed by atoms with Crippen molar-refractivity contribution in [1.29, 1.82) is 0 Å². The maximum Gasteiger partial charge on any atom is 0.246 e. The molecule has 0 aromatic rings. The van der Waals surface area contributed by atoms with Crippen LogP contribution in [0.4, 0.5) is 0 Å². The van der Waals surface area contributed by atoms with Gasteiger partial charge in [-0.15, -0.1) is 0 Å². The molecule has 3 heteroatoms. The molecule has 0 aromatic heterocycles. The number of nitrogens with zero attached hydrogens (tertiary/aromatic N) is 1. The lowest BCUT2D eigenvalue weighted by Gasteiger charge is -2.29. The normalized spacial score (nSPS) is 22.7. The van der Waals surface area contributed by atoms with E-state index in [9.17, 15) is 10.1 Å². The molecule has 0 radical (unpaired) electrons. The summed E-state index contributed by atoms with van der Waals surface area (Å²) >= 11 is 0. The highest BCUT2D eigenvalue weighted by Crippen LogP contribution is 2.37. The molecular formula is C11H17NO2. The summed E-state index contributed by atoms with van der Waals surface area (Å²) in [7, 11) is 0. The van der Waals surface area contributed by atoms with Gasteiger partial charge >= 0.3 is 0 Å². The van der Waals surface area contributed by atoms with Crippen LogP contribution in [0.25, 0.3) is 0 Å². The van der Waals surface area contributed by atoms with Gasteiger partial charge in [0.25, 0.3) is 0 Å². The van der Waals surface area contributed by atoms with E-state index in [-0.39, 0.29) is 16.3 Å². The van der Waals surface area contributed by atoms with Crippen LogP contribution in [-0.2, 0) is 0 Å². The van der Waals surface area contributed by atoms with Gasteiger partial charge in [0, 0.05) is 12.5 Å². The summed E-state index contributed by atoms with van der Waals surface area (Å²) < 4.78 is 0. The van der Waals surface area contributed by atoms with Crippen LogP contribution in [0.15, 0.2) is 23.4 Å². The average molecular weight is 195 g/mol. The molecule has 1 atom stereocenters. The van der Waals surface area contributed by atoms with Crippen molar-refractivity contribution >= 4 is 0 Å². The van der Waals surface area contributed by atoms with Crippen LogP contribution in [0.3, 0.4) is 0 Å². The Kier molecular flexibility index (Phi) is 2.79. The third-order valence-corrected chi connectivity index (χ3v) is 2.60. The van der Waals surface area contributed by atoms with Crippen molar-refractivity contribution in [3.63, 3.8) is 0 Å². The molecule has 0 heterocycles. The molecule has 1 aliphatic rings. The molecule has 0 bridgehead atoms. The first kappa shape index (κ1) is 11.0. The lowest BCUT2D eigenvalue weighted by molar-refractivity contribution is -0.429. The fraction of sp³-hybridized carbons (Fsp3) is 0.636. The van der Waals surface area contributed by atoms with E-state index in [4.69, 9.17) is 0 Å². The Bertz CT molecular complexity index is 308. The van der Waals surface area contributed by atoms with E-state index >= 15 is 0 Å². The van der Waals surface area contributed by atoms with Crippen LogP contribution in [0.2, 0.25) is 0 Å². The Morgan fingerprint density at radius 3 is 2.36 bits per heavy atom. The maximum absolute atomic E-state index is 10.6. The smallest absolute Gasteiger partial charge is 0.246 e. The second kappa shape index (κ2) is 3.56. The van der Waals surface area contributed by atoms with Crippen LogP contribution in [0.1, 0.15) is 34.1 Å². The Balaban J connectivity index is 2.97. The largest absolute Gasteiger partial charge is 0.259 e. The van der Waals surface area contributed by atoms with Gasteiger partial charge in [-0.3, -0.25) is 10.1 Å². The molecule has 1 rings (SSSR count). The zero-order valence-corrected chi connectivity index (χ0v) is 9.20. The summed E-state index contributed by atoms with van der Waals surface area (Å²) in [6, 6.07) is 0. The standard InChI is InChI=1S/C11H17NO2/c1-8-7-9(12(13)14)5-6-10(8)11(2,3)4/h5-6,8H,7H2,1-4H3. The topological polar surface area (TPSA) is 43.1 Å². The quantitative estimate of drug-likeness (QED) is 0.476. The molecule has 0 aromatic carbocycles. The molecule has 0 fully saturated rings. The summed E-state index contributed by atoms with van der Waals surface area (Å²) in [5.41, 5.74) is 1.73. The zero-order valence-electron chi connectivity index (χ0n) is 9.20. The first-order chi connectivity index (χ1) is 6.32. The molecule has 0 saturated carbocycles. The minimum Gasteiger partial charge on any atom is -0.259 e. The molecular weight excluding hydrogens is 178 g/mol. The van der Waals surface area contributed by atoms with Crippen molar-refractivity contribution < 1.29 is 4.92 Å². The van der Waals surface area contributed by atoms with Crippen LogP contribution < -0.4 is 0 Å². The van der Waals surface area contributed by atoms with Gasteiger partial charge in [0.1, 0.15) is 0 Å². The highest BCUT2D eigenvalue weighted by atomic mass is 16.6. The van der Waals surface area contributed by atoms with E-state index < -0.39 is 0 Å². The van der Waals surface area contributed by atoms with Crippen LogP contribution in [0, 0.1) is 21.4 Å². The Morgan fingerprint density at radius 2 is 2.00 bits per heavy atom. The van der Waals surface area contributed by atoms with E-state index in [1.807, 2.05) is 13.0 Å². The van der Waals surface area contributed by atoms with Gasteiger partial charge in [0.05, 0.1) is 4.92 Å². The Labute approximate surface area is 84.7 Å². The Morgan fingerprint density at radius 1 is 1.43 bits per heavy atom. The lowest BCUT2D eigenvalue weighted by Crippen LogP contribution is -2.20. The molecule has 78 valence electrons. The minimum absolute atomic E-state index is 0.109. The third-order valence-electron chi connectivity index (χ3n) is 2.60. The summed E-state index contributed by atoms with van der Waals surface area (Å²) in [5, 5.41) is 10.6. The maximum atomic E-state index is 10.6. The molecule has 0 N–H and O–H groups in total. The molecule has 1 aliphatic carbocycles. The monoisotopic (exact) mass is 195 g/mol. The number of nitro groups is 1. The van der Waals surface area contributed by atoms with Crippen molar-refractivity contribution in [3.05, 3.63) is 33.5 Å². The third kappa shape index (κ3) is 2.22. The van der Waals surface area contributed by atoms with Gasteiger partial charge in [0.15, 0.2) is 0 Å². The first-order valence-corrected chi connectivity index (χ1v) is 4.88. The molecule has 0 amide bonds. The number of allylic oxidation sites excluding steroid dienone is 4. The molecule has 0 spiro atoms. The van der Waals surface area contributed by atoms with Gasteiger partial charge in [-0.25, -0.2) is 0 Å². The number of hydrogen-bond donors (Lipinski definition) is 0. The predicted octanol–water partition coefficient (Wildman–Crippen LogP) is 3.16. The van der Waals surface area contributed by atoms with Crippen molar-refractivity contribution in [3.8, 4) is 0 Å². The molecule has 0 aliphatic heterocycles. The van der Waals surface area contributed by atoms with Crippen LogP contribution in [-0.4, -0.2) is 4.92 Å².